The monoisotopic (exact) mass is 340 g/mol. The second-order valence-electron chi connectivity index (χ2n) is 6.54. The number of carbonyl (C=O) groups is 1. The highest BCUT2D eigenvalue weighted by atomic mass is 16.5. The summed E-state index contributed by atoms with van der Waals surface area (Å²) in [5, 5.41) is 8.95. The van der Waals surface area contributed by atoms with Gasteiger partial charge in [0, 0.05) is 0 Å². The Labute approximate surface area is 150 Å². The number of ether oxygens (including phenoxy) is 1. The van der Waals surface area contributed by atoms with Crippen LogP contribution in [0.1, 0.15) is 62.7 Å². The van der Waals surface area contributed by atoms with Gasteiger partial charge in [-0.2, -0.15) is 0 Å². The van der Waals surface area contributed by atoms with Crippen LogP contribution in [0.15, 0.2) is 48.5 Å². The number of carboxylic acid groups (broad SMARTS) is 1. The van der Waals surface area contributed by atoms with E-state index in [1.807, 2.05) is 36.4 Å². The third kappa shape index (κ3) is 6.26. The summed E-state index contributed by atoms with van der Waals surface area (Å²) in [5.41, 5.74) is 2.36. The standard InChI is InChI=1S/C22H28O3/c1-3-4-5-6-7-8-17(2)25-21-15-13-19(14-16-21)18-9-11-20(12-10-18)22(23)24/h9-17H,3-8H2,1-2H3,(H,23,24). The topological polar surface area (TPSA) is 46.5 Å². The van der Waals surface area contributed by atoms with Gasteiger partial charge in [-0.15, -0.1) is 0 Å². The molecule has 0 bridgehead atoms. The van der Waals surface area contributed by atoms with Crippen LogP contribution in [-0.2, 0) is 0 Å². The Kier molecular flexibility index (Phi) is 7.52. The largest absolute Gasteiger partial charge is 0.491 e. The van der Waals surface area contributed by atoms with Crippen LogP contribution in [0.25, 0.3) is 11.1 Å². The van der Waals surface area contributed by atoms with Gasteiger partial charge in [-0.25, -0.2) is 4.79 Å². The Morgan fingerprint density at radius 3 is 2.04 bits per heavy atom. The third-order valence-electron chi connectivity index (χ3n) is 4.37. The van der Waals surface area contributed by atoms with Crippen LogP contribution in [0, 0.1) is 0 Å². The van der Waals surface area contributed by atoms with Crippen LogP contribution in [0.5, 0.6) is 5.75 Å². The van der Waals surface area contributed by atoms with E-state index in [2.05, 4.69) is 13.8 Å². The lowest BCUT2D eigenvalue weighted by atomic mass is 10.0. The van der Waals surface area contributed by atoms with E-state index in [-0.39, 0.29) is 6.10 Å². The molecule has 2 aromatic rings. The Morgan fingerprint density at radius 1 is 0.920 bits per heavy atom. The first kappa shape index (κ1) is 19.0. The lowest BCUT2D eigenvalue weighted by Crippen LogP contribution is -2.11. The Hall–Kier alpha value is -2.29. The summed E-state index contributed by atoms with van der Waals surface area (Å²) in [6.45, 7) is 4.36. The quantitative estimate of drug-likeness (QED) is 0.525. The van der Waals surface area contributed by atoms with Crippen LogP contribution in [-0.4, -0.2) is 17.2 Å². The van der Waals surface area contributed by atoms with Crippen molar-refractivity contribution in [2.75, 3.05) is 0 Å². The van der Waals surface area contributed by atoms with Gasteiger partial charge in [-0.3, -0.25) is 0 Å². The summed E-state index contributed by atoms with van der Waals surface area (Å²) < 4.78 is 5.98. The zero-order valence-corrected chi connectivity index (χ0v) is 15.2. The van der Waals surface area contributed by atoms with Gasteiger partial charge >= 0.3 is 5.97 Å². The van der Waals surface area contributed by atoms with Gasteiger partial charge in [0.15, 0.2) is 0 Å². The van der Waals surface area contributed by atoms with E-state index in [1.54, 1.807) is 12.1 Å². The molecule has 1 unspecified atom stereocenters. The maximum atomic E-state index is 10.9. The summed E-state index contributed by atoms with van der Waals surface area (Å²) in [6, 6.07) is 14.9. The minimum atomic E-state index is -0.904. The highest BCUT2D eigenvalue weighted by Gasteiger charge is 2.06. The number of rotatable bonds is 10. The fourth-order valence-corrected chi connectivity index (χ4v) is 2.86. The van der Waals surface area contributed by atoms with Crippen molar-refractivity contribution < 1.29 is 14.6 Å². The molecule has 0 saturated heterocycles. The zero-order valence-electron chi connectivity index (χ0n) is 15.2. The fourth-order valence-electron chi connectivity index (χ4n) is 2.86. The normalized spacial score (nSPS) is 11.9. The number of hydrogen-bond acceptors (Lipinski definition) is 2. The molecule has 0 heterocycles. The number of aromatic carboxylic acids is 1. The van der Waals surface area contributed by atoms with Crippen LogP contribution in [0.4, 0.5) is 0 Å². The molecule has 0 amide bonds. The first-order valence-electron chi connectivity index (χ1n) is 9.20. The van der Waals surface area contributed by atoms with Gasteiger partial charge in [0.2, 0.25) is 0 Å². The maximum Gasteiger partial charge on any atom is 0.335 e. The second kappa shape index (κ2) is 9.87. The third-order valence-corrected chi connectivity index (χ3v) is 4.37. The number of unbranched alkanes of at least 4 members (excludes halogenated alkanes) is 4. The molecule has 1 atom stereocenters. The van der Waals surface area contributed by atoms with Gasteiger partial charge in [0.1, 0.15) is 5.75 Å². The lowest BCUT2D eigenvalue weighted by Gasteiger charge is -2.15. The summed E-state index contributed by atoms with van der Waals surface area (Å²) in [7, 11) is 0. The van der Waals surface area contributed by atoms with Crippen molar-refractivity contribution in [3.05, 3.63) is 54.1 Å². The number of benzene rings is 2. The summed E-state index contributed by atoms with van der Waals surface area (Å²) in [6.07, 6.45) is 7.73. The molecule has 3 nitrogen and oxygen atoms in total. The second-order valence-corrected chi connectivity index (χ2v) is 6.54. The zero-order chi connectivity index (χ0) is 18.1. The van der Waals surface area contributed by atoms with Crippen molar-refractivity contribution in [2.45, 2.75) is 58.5 Å². The molecule has 2 rings (SSSR count). The van der Waals surface area contributed by atoms with E-state index in [0.717, 1.165) is 23.3 Å². The Morgan fingerprint density at radius 2 is 1.48 bits per heavy atom. The first-order valence-corrected chi connectivity index (χ1v) is 9.20. The molecule has 0 radical (unpaired) electrons. The van der Waals surface area contributed by atoms with E-state index in [9.17, 15) is 4.79 Å². The summed E-state index contributed by atoms with van der Waals surface area (Å²) >= 11 is 0. The highest BCUT2D eigenvalue weighted by Crippen LogP contribution is 2.24. The van der Waals surface area contributed by atoms with Crippen molar-refractivity contribution in [3.8, 4) is 16.9 Å². The van der Waals surface area contributed by atoms with Crippen LogP contribution >= 0.6 is 0 Å². The SMILES string of the molecule is CCCCCCCC(C)Oc1ccc(-c2ccc(C(=O)O)cc2)cc1. The molecule has 134 valence electrons. The minimum Gasteiger partial charge on any atom is -0.491 e. The lowest BCUT2D eigenvalue weighted by molar-refractivity contribution is 0.0697. The van der Waals surface area contributed by atoms with E-state index in [1.165, 1.54) is 32.1 Å². The molecule has 0 spiro atoms. The fraction of sp³-hybridized carbons (Fsp3) is 0.409. The van der Waals surface area contributed by atoms with E-state index in [4.69, 9.17) is 9.84 Å². The minimum absolute atomic E-state index is 0.224. The number of hydrogen-bond donors (Lipinski definition) is 1. The molecular weight excluding hydrogens is 312 g/mol. The first-order chi connectivity index (χ1) is 12.1. The Bertz CT molecular complexity index is 644. The van der Waals surface area contributed by atoms with Gasteiger partial charge in [0.05, 0.1) is 11.7 Å². The predicted octanol–water partition coefficient (Wildman–Crippen LogP) is 6.18. The summed E-state index contributed by atoms with van der Waals surface area (Å²) in [4.78, 5) is 10.9. The Balaban J connectivity index is 1.85. The molecule has 0 aliphatic heterocycles. The average Bonchev–Trinajstić information content (AvgIpc) is 2.62. The molecule has 0 aliphatic rings. The van der Waals surface area contributed by atoms with Gasteiger partial charge in [-0.1, -0.05) is 56.9 Å². The van der Waals surface area contributed by atoms with Crippen molar-refractivity contribution in [1.29, 1.82) is 0 Å². The van der Waals surface area contributed by atoms with Gasteiger partial charge in [0.25, 0.3) is 0 Å². The number of carboxylic acids is 1. The van der Waals surface area contributed by atoms with E-state index in [0.29, 0.717) is 5.56 Å². The molecule has 1 N–H and O–H groups in total. The molecule has 3 heteroatoms. The van der Waals surface area contributed by atoms with Crippen molar-refractivity contribution in [3.63, 3.8) is 0 Å². The maximum absolute atomic E-state index is 10.9. The predicted molar refractivity (Wildman–Crippen MR) is 102 cm³/mol. The van der Waals surface area contributed by atoms with E-state index >= 15 is 0 Å². The van der Waals surface area contributed by atoms with Gasteiger partial charge in [-0.05, 0) is 55.2 Å². The molecule has 0 aliphatic carbocycles. The highest BCUT2D eigenvalue weighted by molar-refractivity contribution is 5.88. The van der Waals surface area contributed by atoms with Crippen LogP contribution in [0.3, 0.4) is 0 Å². The molecule has 2 aromatic carbocycles. The van der Waals surface area contributed by atoms with Crippen molar-refractivity contribution in [2.24, 2.45) is 0 Å². The summed E-state index contributed by atoms with van der Waals surface area (Å²) in [5.74, 6) is -0.0223. The molecule has 0 saturated carbocycles. The smallest absolute Gasteiger partial charge is 0.335 e. The molecular formula is C22H28O3. The molecule has 25 heavy (non-hydrogen) atoms. The van der Waals surface area contributed by atoms with Crippen LogP contribution in [0.2, 0.25) is 0 Å². The van der Waals surface area contributed by atoms with Crippen LogP contribution < -0.4 is 4.74 Å². The van der Waals surface area contributed by atoms with Crippen molar-refractivity contribution >= 4 is 5.97 Å². The van der Waals surface area contributed by atoms with Crippen molar-refractivity contribution in [1.82, 2.24) is 0 Å². The molecule has 0 aromatic heterocycles. The van der Waals surface area contributed by atoms with Gasteiger partial charge < -0.3 is 9.84 Å². The van der Waals surface area contributed by atoms with E-state index < -0.39 is 5.97 Å². The average molecular weight is 340 g/mol. The molecule has 0 fully saturated rings.